The number of methoxy groups -OCH3 is 1. The van der Waals surface area contributed by atoms with Gasteiger partial charge in [-0.1, -0.05) is 6.07 Å². The molecule has 0 bridgehead atoms. The van der Waals surface area contributed by atoms with E-state index in [4.69, 9.17) is 4.74 Å². The molecule has 1 aromatic heterocycles. The summed E-state index contributed by atoms with van der Waals surface area (Å²) in [4.78, 5) is 14.2. The first-order chi connectivity index (χ1) is 9.60. The highest BCUT2D eigenvalue weighted by molar-refractivity contribution is 5.61. The number of halogens is 1. The maximum atomic E-state index is 13.0. The van der Waals surface area contributed by atoms with E-state index in [9.17, 15) is 14.5 Å². The number of ether oxygens (including phenoxy) is 1. The van der Waals surface area contributed by atoms with Crippen molar-refractivity contribution in [2.24, 2.45) is 0 Å². The maximum absolute atomic E-state index is 13.0. The van der Waals surface area contributed by atoms with Crippen LogP contribution >= 0.6 is 0 Å². The zero-order valence-electron chi connectivity index (χ0n) is 10.7. The lowest BCUT2D eigenvalue weighted by Crippen LogP contribution is -2.03. The number of nitrogens with zero attached hydrogens (tertiary/aromatic N) is 2. The van der Waals surface area contributed by atoms with Crippen molar-refractivity contribution < 1.29 is 14.1 Å². The highest BCUT2D eigenvalue weighted by atomic mass is 19.1. The van der Waals surface area contributed by atoms with Gasteiger partial charge in [0.05, 0.1) is 18.1 Å². The minimum absolute atomic E-state index is 0.257. The van der Waals surface area contributed by atoms with Gasteiger partial charge in [-0.05, 0) is 17.7 Å². The third-order valence-electron chi connectivity index (χ3n) is 2.65. The van der Waals surface area contributed by atoms with Gasteiger partial charge in [0.2, 0.25) is 5.88 Å². The fraction of sp³-hybridized carbons (Fsp3) is 0.154. The SMILES string of the molecule is COc1ccc(CNc2ccc(F)cc2[N+](=O)[O-])cn1. The third kappa shape index (κ3) is 3.19. The van der Waals surface area contributed by atoms with Crippen molar-refractivity contribution in [3.8, 4) is 5.88 Å². The topological polar surface area (TPSA) is 77.3 Å². The van der Waals surface area contributed by atoms with Gasteiger partial charge in [-0.15, -0.1) is 0 Å². The summed E-state index contributed by atoms with van der Waals surface area (Å²) in [6, 6.07) is 6.87. The van der Waals surface area contributed by atoms with E-state index in [-0.39, 0.29) is 11.4 Å². The lowest BCUT2D eigenvalue weighted by atomic mass is 10.2. The quantitative estimate of drug-likeness (QED) is 0.671. The van der Waals surface area contributed by atoms with Crippen LogP contribution in [0.4, 0.5) is 15.8 Å². The molecule has 0 spiro atoms. The van der Waals surface area contributed by atoms with Gasteiger partial charge in [0, 0.05) is 18.8 Å². The fourth-order valence-corrected chi connectivity index (χ4v) is 1.64. The van der Waals surface area contributed by atoms with Crippen molar-refractivity contribution in [3.63, 3.8) is 0 Å². The number of benzene rings is 1. The Labute approximate surface area is 114 Å². The first-order valence-corrected chi connectivity index (χ1v) is 5.77. The molecule has 1 heterocycles. The number of pyridine rings is 1. The summed E-state index contributed by atoms with van der Waals surface area (Å²) in [7, 11) is 1.52. The second-order valence-corrected chi connectivity index (χ2v) is 3.98. The van der Waals surface area contributed by atoms with Gasteiger partial charge in [-0.3, -0.25) is 10.1 Å². The Balaban J connectivity index is 2.12. The van der Waals surface area contributed by atoms with E-state index in [2.05, 4.69) is 10.3 Å². The Morgan fingerprint density at radius 1 is 1.40 bits per heavy atom. The van der Waals surface area contributed by atoms with E-state index in [1.807, 2.05) is 0 Å². The molecule has 2 aromatic rings. The molecule has 2 rings (SSSR count). The standard InChI is InChI=1S/C13H12FN3O3/c1-20-13-5-2-9(8-16-13)7-15-11-4-3-10(14)6-12(11)17(18)19/h2-6,8,15H,7H2,1H3. The molecule has 7 heteroatoms. The monoisotopic (exact) mass is 277 g/mol. The summed E-state index contributed by atoms with van der Waals surface area (Å²) in [5, 5.41) is 13.7. The lowest BCUT2D eigenvalue weighted by molar-refractivity contribution is -0.384. The van der Waals surface area contributed by atoms with Crippen LogP contribution in [0.2, 0.25) is 0 Å². The number of hydrogen-bond acceptors (Lipinski definition) is 5. The van der Waals surface area contributed by atoms with E-state index in [0.29, 0.717) is 12.4 Å². The van der Waals surface area contributed by atoms with E-state index >= 15 is 0 Å². The number of aromatic nitrogens is 1. The van der Waals surface area contributed by atoms with Crippen molar-refractivity contribution in [2.45, 2.75) is 6.54 Å². The highest BCUT2D eigenvalue weighted by Gasteiger charge is 2.14. The van der Waals surface area contributed by atoms with Gasteiger partial charge >= 0.3 is 0 Å². The van der Waals surface area contributed by atoms with Gasteiger partial charge < -0.3 is 10.1 Å². The smallest absolute Gasteiger partial charge is 0.295 e. The summed E-state index contributed by atoms with van der Waals surface area (Å²) >= 11 is 0. The second kappa shape index (κ2) is 5.96. The minimum atomic E-state index is -0.645. The molecular formula is C13H12FN3O3. The molecule has 6 nitrogen and oxygen atoms in total. The van der Waals surface area contributed by atoms with Crippen LogP contribution in [-0.4, -0.2) is 17.0 Å². The van der Waals surface area contributed by atoms with Crippen LogP contribution in [0.5, 0.6) is 5.88 Å². The summed E-state index contributed by atoms with van der Waals surface area (Å²) in [6.45, 7) is 0.337. The Kier molecular flexibility index (Phi) is 4.09. The van der Waals surface area contributed by atoms with Crippen LogP contribution in [-0.2, 0) is 6.54 Å². The molecule has 0 radical (unpaired) electrons. The van der Waals surface area contributed by atoms with Crippen LogP contribution < -0.4 is 10.1 Å². The largest absolute Gasteiger partial charge is 0.481 e. The Hall–Kier alpha value is -2.70. The zero-order valence-corrected chi connectivity index (χ0v) is 10.7. The number of rotatable bonds is 5. The molecule has 0 saturated heterocycles. The van der Waals surface area contributed by atoms with Crippen LogP contribution in [0.1, 0.15) is 5.56 Å². The molecule has 1 N–H and O–H groups in total. The summed E-state index contributed by atoms with van der Waals surface area (Å²) < 4.78 is 17.9. The summed E-state index contributed by atoms with van der Waals surface area (Å²) in [5.74, 6) is -0.158. The number of nitro benzene ring substituents is 1. The van der Waals surface area contributed by atoms with E-state index in [1.54, 1.807) is 18.3 Å². The zero-order chi connectivity index (χ0) is 14.5. The number of anilines is 1. The van der Waals surface area contributed by atoms with Crippen molar-refractivity contribution >= 4 is 11.4 Å². The number of nitrogens with one attached hydrogen (secondary N) is 1. The molecule has 0 aliphatic carbocycles. The Morgan fingerprint density at radius 2 is 2.20 bits per heavy atom. The van der Waals surface area contributed by atoms with Crippen LogP contribution in [0.25, 0.3) is 0 Å². The number of nitro groups is 1. The summed E-state index contributed by atoms with van der Waals surface area (Å²) in [5.41, 5.74) is 0.781. The molecule has 0 saturated carbocycles. The molecule has 0 aliphatic rings. The van der Waals surface area contributed by atoms with Gasteiger partial charge in [-0.25, -0.2) is 9.37 Å². The Bertz CT molecular complexity index is 617. The molecule has 104 valence electrons. The van der Waals surface area contributed by atoms with Crippen LogP contribution in [0, 0.1) is 15.9 Å². The molecule has 0 unspecified atom stereocenters. The predicted octanol–water partition coefficient (Wildman–Crippen LogP) is 2.75. The van der Waals surface area contributed by atoms with Gasteiger partial charge in [-0.2, -0.15) is 0 Å². The summed E-state index contributed by atoms with van der Waals surface area (Å²) in [6.07, 6.45) is 1.60. The highest BCUT2D eigenvalue weighted by Crippen LogP contribution is 2.25. The van der Waals surface area contributed by atoms with E-state index < -0.39 is 10.7 Å². The van der Waals surface area contributed by atoms with E-state index in [1.165, 1.54) is 19.2 Å². The minimum Gasteiger partial charge on any atom is -0.481 e. The average molecular weight is 277 g/mol. The molecular weight excluding hydrogens is 265 g/mol. The molecule has 0 fully saturated rings. The molecule has 1 aromatic carbocycles. The lowest BCUT2D eigenvalue weighted by Gasteiger charge is -2.07. The first kappa shape index (κ1) is 13.7. The van der Waals surface area contributed by atoms with E-state index in [0.717, 1.165) is 11.6 Å². The first-order valence-electron chi connectivity index (χ1n) is 5.77. The Morgan fingerprint density at radius 3 is 2.80 bits per heavy atom. The van der Waals surface area contributed by atoms with Gasteiger partial charge in [0.25, 0.3) is 5.69 Å². The van der Waals surface area contributed by atoms with Gasteiger partial charge in [0.1, 0.15) is 11.5 Å². The maximum Gasteiger partial charge on any atom is 0.295 e. The van der Waals surface area contributed by atoms with Crippen LogP contribution in [0.3, 0.4) is 0 Å². The van der Waals surface area contributed by atoms with Crippen molar-refractivity contribution in [1.82, 2.24) is 4.98 Å². The van der Waals surface area contributed by atoms with Crippen LogP contribution in [0.15, 0.2) is 36.5 Å². The molecule has 20 heavy (non-hydrogen) atoms. The molecule has 0 amide bonds. The van der Waals surface area contributed by atoms with Crippen molar-refractivity contribution in [3.05, 3.63) is 58.0 Å². The predicted molar refractivity (Wildman–Crippen MR) is 71.2 cm³/mol. The second-order valence-electron chi connectivity index (χ2n) is 3.98. The van der Waals surface area contributed by atoms with Gasteiger partial charge in [0.15, 0.2) is 0 Å². The number of hydrogen-bond donors (Lipinski definition) is 1. The fourth-order valence-electron chi connectivity index (χ4n) is 1.64. The van der Waals surface area contributed by atoms with Crippen molar-refractivity contribution in [2.75, 3.05) is 12.4 Å². The molecule has 0 aliphatic heterocycles. The average Bonchev–Trinajstić information content (AvgIpc) is 2.46. The van der Waals surface area contributed by atoms with Crippen molar-refractivity contribution in [1.29, 1.82) is 0 Å². The third-order valence-corrected chi connectivity index (χ3v) is 2.65. The molecule has 0 atom stereocenters. The normalized spacial score (nSPS) is 10.1.